The number of anilines is 1. The molecular formula is C28H43N6O9P. The SMILES string of the molecule is C/C(=C\CCP(=O)(OCCC#N)OCc1ccc(NC(=O)[C@H](CCCNC(N)=O)NC(=O)[C@@H](OC(N)=O)C(C)C)cc1)CO. The maximum absolute atomic E-state index is 13.2. The lowest BCUT2D eigenvalue weighted by Crippen LogP contribution is -2.50. The molecule has 0 aromatic heterocycles. The Bertz CT molecular complexity index is 1220. The predicted octanol–water partition coefficient (Wildman–Crippen LogP) is 2.65. The van der Waals surface area contributed by atoms with Gasteiger partial charge in [-0.1, -0.05) is 37.6 Å². The molecule has 0 bridgehead atoms. The van der Waals surface area contributed by atoms with E-state index in [0.717, 1.165) is 0 Å². The highest BCUT2D eigenvalue weighted by Gasteiger charge is 2.30. The Morgan fingerprint density at radius 2 is 1.80 bits per heavy atom. The molecule has 44 heavy (non-hydrogen) atoms. The molecule has 0 aliphatic rings. The quantitative estimate of drug-likeness (QED) is 0.0692. The van der Waals surface area contributed by atoms with Crippen LogP contribution in [0.2, 0.25) is 0 Å². The van der Waals surface area contributed by atoms with Gasteiger partial charge in [0, 0.05) is 12.2 Å². The summed E-state index contributed by atoms with van der Waals surface area (Å²) in [6, 6.07) is 6.60. The summed E-state index contributed by atoms with van der Waals surface area (Å²) >= 11 is 0. The highest BCUT2D eigenvalue weighted by molar-refractivity contribution is 7.53. The molecule has 1 aromatic carbocycles. The number of aliphatic hydroxyl groups is 1. The zero-order valence-corrected chi connectivity index (χ0v) is 26.1. The molecule has 0 fully saturated rings. The number of ether oxygens (including phenoxy) is 1. The summed E-state index contributed by atoms with van der Waals surface area (Å²) in [5.41, 5.74) is 11.9. The van der Waals surface area contributed by atoms with Gasteiger partial charge in [-0.3, -0.25) is 14.2 Å². The van der Waals surface area contributed by atoms with Crippen molar-refractivity contribution in [1.82, 2.24) is 10.6 Å². The predicted molar refractivity (Wildman–Crippen MR) is 162 cm³/mol. The van der Waals surface area contributed by atoms with Crippen molar-refractivity contribution in [2.75, 3.05) is 31.2 Å². The molecule has 1 rings (SSSR count). The second-order valence-electron chi connectivity index (χ2n) is 10.1. The van der Waals surface area contributed by atoms with E-state index >= 15 is 0 Å². The molecule has 1 unspecified atom stereocenters. The first-order chi connectivity index (χ1) is 20.8. The van der Waals surface area contributed by atoms with Gasteiger partial charge < -0.3 is 46.3 Å². The van der Waals surface area contributed by atoms with E-state index < -0.39 is 49.6 Å². The van der Waals surface area contributed by atoms with Gasteiger partial charge in [0.1, 0.15) is 6.04 Å². The zero-order chi connectivity index (χ0) is 33.1. The molecule has 0 saturated heterocycles. The van der Waals surface area contributed by atoms with Crippen LogP contribution in [0.25, 0.3) is 0 Å². The number of aliphatic hydroxyl groups excluding tert-OH is 1. The number of urea groups is 1. The van der Waals surface area contributed by atoms with Crippen LogP contribution in [0.15, 0.2) is 35.9 Å². The average Bonchev–Trinajstić information content (AvgIpc) is 2.96. The molecule has 5 amide bonds. The third kappa shape index (κ3) is 15.5. The highest BCUT2D eigenvalue weighted by Crippen LogP contribution is 2.49. The van der Waals surface area contributed by atoms with Crippen LogP contribution in [0.1, 0.15) is 52.0 Å². The number of hydrogen-bond donors (Lipinski definition) is 6. The summed E-state index contributed by atoms with van der Waals surface area (Å²) in [4.78, 5) is 48.2. The molecule has 0 saturated carbocycles. The molecule has 0 heterocycles. The Morgan fingerprint density at radius 1 is 1.11 bits per heavy atom. The Balaban J connectivity index is 2.93. The standard InChI is InChI=1S/C28H43N6O9P/c1-19(2)24(43-28(31)39)26(37)34-23(8-4-14-32-27(30)38)25(36)33-22-11-9-21(10-12-22)18-42-44(40,41-15-6-13-29)16-5-7-20(3)17-35/h7,9-12,19,23-24,35H,4-6,8,14-18H2,1-3H3,(H2,31,39)(H,33,36)(H,34,37)(H3,30,32,38)/b20-7+/t23-,24-,44?/m0/s1. The second-order valence-corrected chi connectivity index (χ2v) is 12.3. The van der Waals surface area contributed by atoms with E-state index in [1.54, 1.807) is 51.1 Å². The molecular weight excluding hydrogens is 595 g/mol. The van der Waals surface area contributed by atoms with Gasteiger partial charge in [0.05, 0.1) is 38.5 Å². The summed E-state index contributed by atoms with van der Waals surface area (Å²) in [6.07, 6.45) is 0.267. The number of hydrogen-bond acceptors (Lipinski definition) is 10. The number of rotatable bonds is 20. The zero-order valence-electron chi connectivity index (χ0n) is 25.2. The number of nitrogens with two attached hydrogens (primary N) is 2. The number of benzene rings is 1. The van der Waals surface area contributed by atoms with Gasteiger partial charge >= 0.3 is 19.7 Å². The third-order valence-corrected chi connectivity index (χ3v) is 7.91. The Kier molecular flexibility index (Phi) is 17.4. The van der Waals surface area contributed by atoms with Crippen molar-refractivity contribution >= 4 is 37.2 Å². The number of nitrogens with one attached hydrogen (secondary N) is 3. The van der Waals surface area contributed by atoms with E-state index in [0.29, 0.717) is 29.7 Å². The van der Waals surface area contributed by atoms with Crippen LogP contribution in [-0.4, -0.2) is 67.1 Å². The first-order valence-electron chi connectivity index (χ1n) is 14.0. The molecule has 8 N–H and O–H groups in total. The summed E-state index contributed by atoms with van der Waals surface area (Å²) < 4.78 is 29.2. The molecule has 244 valence electrons. The fourth-order valence-corrected chi connectivity index (χ4v) is 5.17. The van der Waals surface area contributed by atoms with Gasteiger partial charge in [0.25, 0.3) is 5.91 Å². The van der Waals surface area contributed by atoms with E-state index in [-0.39, 0.29) is 45.4 Å². The molecule has 3 atom stereocenters. The van der Waals surface area contributed by atoms with E-state index in [4.69, 9.17) is 35.6 Å². The molecule has 0 aliphatic carbocycles. The van der Waals surface area contributed by atoms with Crippen molar-refractivity contribution < 1.29 is 42.6 Å². The van der Waals surface area contributed by atoms with Crippen LogP contribution in [0.5, 0.6) is 0 Å². The van der Waals surface area contributed by atoms with E-state index in [1.165, 1.54) is 0 Å². The first kappa shape index (κ1) is 38.1. The smallest absolute Gasteiger partial charge is 0.405 e. The molecule has 0 aliphatic heterocycles. The summed E-state index contributed by atoms with van der Waals surface area (Å²) in [5.74, 6) is -1.70. The summed E-state index contributed by atoms with van der Waals surface area (Å²) in [5, 5.41) is 25.6. The molecule has 0 radical (unpaired) electrons. The van der Waals surface area contributed by atoms with E-state index in [1.807, 2.05) is 6.07 Å². The number of primary amides is 2. The molecule has 15 nitrogen and oxygen atoms in total. The number of carbonyl (C=O) groups excluding carboxylic acids is 4. The van der Waals surface area contributed by atoms with Crippen molar-refractivity contribution in [3.63, 3.8) is 0 Å². The maximum Gasteiger partial charge on any atom is 0.405 e. The van der Waals surface area contributed by atoms with Crippen molar-refractivity contribution in [2.24, 2.45) is 17.4 Å². The van der Waals surface area contributed by atoms with Gasteiger partial charge in [-0.2, -0.15) is 5.26 Å². The summed E-state index contributed by atoms with van der Waals surface area (Å²) in [6.45, 7) is 4.96. The van der Waals surface area contributed by atoms with Gasteiger partial charge in [-0.25, -0.2) is 9.59 Å². The van der Waals surface area contributed by atoms with Crippen LogP contribution in [0.3, 0.4) is 0 Å². The van der Waals surface area contributed by atoms with Crippen molar-refractivity contribution in [3.05, 3.63) is 41.5 Å². The minimum atomic E-state index is -3.55. The van der Waals surface area contributed by atoms with E-state index in [9.17, 15) is 23.7 Å². The lowest BCUT2D eigenvalue weighted by Gasteiger charge is -2.24. The topological polar surface area (TPSA) is 245 Å². The van der Waals surface area contributed by atoms with Crippen molar-refractivity contribution in [3.8, 4) is 6.07 Å². The lowest BCUT2D eigenvalue weighted by molar-refractivity contribution is -0.134. The van der Waals surface area contributed by atoms with Gasteiger partial charge in [-0.05, 0) is 49.8 Å². The third-order valence-electron chi connectivity index (χ3n) is 6.01. The Hall–Kier alpha value is -3.96. The number of nitriles is 1. The normalized spacial score (nSPS) is 14.0. The largest absolute Gasteiger partial charge is 0.436 e. The number of carbonyl (C=O) groups is 4. The monoisotopic (exact) mass is 638 g/mol. The van der Waals surface area contributed by atoms with Crippen LogP contribution in [-0.2, 0) is 34.5 Å². The van der Waals surface area contributed by atoms with Crippen LogP contribution >= 0.6 is 7.60 Å². The lowest BCUT2D eigenvalue weighted by atomic mass is 10.0. The van der Waals surface area contributed by atoms with Crippen molar-refractivity contribution in [1.29, 1.82) is 5.26 Å². The first-order valence-corrected chi connectivity index (χ1v) is 15.7. The minimum absolute atomic E-state index is 0.0483. The molecule has 0 spiro atoms. The average molecular weight is 639 g/mol. The van der Waals surface area contributed by atoms with Crippen molar-refractivity contribution in [2.45, 2.75) is 65.2 Å². The van der Waals surface area contributed by atoms with Gasteiger partial charge in [-0.15, -0.1) is 0 Å². The molecule has 1 aromatic rings. The number of allylic oxidation sites excluding steroid dienone is 1. The number of amides is 5. The highest BCUT2D eigenvalue weighted by atomic mass is 31.2. The maximum atomic E-state index is 13.2. The van der Waals surface area contributed by atoms with E-state index in [2.05, 4.69) is 16.0 Å². The second kappa shape index (κ2) is 20.1. The minimum Gasteiger partial charge on any atom is -0.436 e. The molecule has 16 heteroatoms. The fourth-order valence-electron chi connectivity index (χ4n) is 3.67. The summed E-state index contributed by atoms with van der Waals surface area (Å²) in [7, 11) is -3.55. The van der Waals surface area contributed by atoms with Crippen LogP contribution in [0, 0.1) is 17.2 Å². The Labute approximate surface area is 257 Å². The Morgan fingerprint density at radius 3 is 2.36 bits per heavy atom. The number of nitrogens with zero attached hydrogens (tertiary/aromatic N) is 1. The fraction of sp³-hybridized carbons (Fsp3) is 0.536. The van der Waals surface area contributed by atoms with Crippen LogP contribution in [0.4, 0.5) is 15.3 Å². The van der Waals surface area contributed by atoms with Gasteiger partial charge in [0.2, 0.25) is 5.91 Å². The van der Waals surface area contributed by atoms with Crippen LogP contribution < -0.4 is 27.4 Å². The van der Waals surface area contributed by atoms with Gasteiger partial charge in [0.15, 0.2) is 6.10 Å².